The fraction of sp³-hybridized carbons (Fsp3) is 0. The van der Waals surface area contributed by atoms with Gasteiger partial charge in [0.1, 0.15) is 0 Å². The van der Waals surface area contributed by atoms with E-state index in [-0.39, 0.29) is 70.8 Å². The van der Waals surface area contributed by atoms with Crippen molar-refractivity contribution < 1.29 is 10.4 Å². The van der Waals surface area contributed by atoms with Gasteiger partial charge in [-0.1, -0.05) is 9.69 Å². The van der Waals surface area contributed by atoms with Gasteiger partial charge in [0, 0.05) is 0 Å². The third-order valence-corrected chi connectivity index (χ3v) is 1.11. The number of tetrazole rings is 2. The summed E-state index contributed by atoms with van der Waals surface area (Å²) in [6.45, 7) is 0. The Labute approximate surface area is 121 Å². The van der Waals surface area contributed by atoms with Crippen LogP contribution in [0.5, 0.6) is 0 Å². The molecule has 0 unspecified atom stereocenters. The van der Waals surface area contributed by atoms with Gasteiger partial charge in [0.15, 0.2) is 0 Å². The molecule has 0 atom stereocenters. The van der Waals surface area contributed by atoms with Crippen LogP contribution in [0.3, 0.4) is 0 Å². The molecule has 2 aromatic rings. The summed E-state index contributed by atoms with van der Waals surface area (Å²) in [6, 6.07) is 0. The van der Waals surface area contributed by atoms with Gasteiger partial charge in [-0.2, -0.15) is 0 Å². The standard InChI is InChI=1S/C2H2N8O2.2Na.2H/c11-9-1(3-5-7-9)2-4-6-8-10(2)12;;;;/h11-12H;;;;. The maximum absolute atomic E-state index is 8.91. The number of hydrogen-bond acceptors (Lipinski definition) is 8. The Hall–Kier alpha value is -0.260. The average Bonchev–Trinajstić information content (AvgIpc) is 2.59. The second-order valence-electron chi connectivity index (χ2n) is 1.78. The summed E-state index contributed by atoms with van der Waals surface area (Å²) in [5.41, 5.74) is 0. The van der Waals surface area contributed by atoms with E-state index >= 15 is 0 Å². The van der Waals surface area contributed by atoms with Gasteiger partial charge in [-0.15, -0.1) is 10.2 Å². The molecular formula is C2H4N8Na2O2. The molecule has 2 aromatic heterocycles. The molecule has 0 aliphatic rings. The molecule has 10 nitrogen and oxygen atoms in total. The molecular weight excluding hydrogens is 214 g/mol. The summed E-state index contributed by atoms with van der Waals surface area (Å²) in [6.07, 6.45) is 0. The van der Waals surface area contributed by atoms with Crippen LogP contribution >= 0.6 is 0 Å². The van der Waals surface area contributed by atoms with Gasteiger partial charge in [0.2, 0.25) is 0 Å². The summed E-state index contributed by atoms with van der Waals surface area (Å²) in [5.74, 6) is -0.301. The molecule has 2 rings (SSSR count). The Kier molecular flexibility index (Phi) is 5.48. The second-order valence-corrected chi connectivity index (χ2v) is 1.78. The summed E-state index contributed by atoms with van der Waals surface area (Å²) in [7, 11) is 0. The van der Waals surface area contributed by atoms with Gasteiger partial charge >= 0.3 is 59.1 Å². The first-order valence-corrected chi connectivity index (χ1v) is 2.74. The molecule has 66 valence electrons. The summed E-state index contributed by atoms with van der Waals surface area (Å²) >= 11 is 0. The molecule has 0 saturated carbocycles. The van der Waals surface area contributed by atoms with E-state index < -0.39 is 0 Å². The third kappa shape index (κ3) is 2.40. The van der Waals surface area contributed by atoms with Gasteiger partial charge in [0.25, 0.3) is 11.6 Å². The Balaban J connectivity index is 0.000000845. The van der Waals surface area contributed by atoms with Crippen molar-refractivity contribution in [2.45, 2.75) is 0 Å². The first kappa shape index (κ1) is 13.7. The molecule has 0 aromatic carbocycles. The van der Waals surface area contributed by atoms with Crippen LogP contribution in [0.15, 0.2) is 0 Å². The maximum atomic E-state index is 8.91. The van der Waals surface area contributed by atoms with Gasteiger partial charge in [-0.05, 0) is 20.9 Å². The summed E-state index contributed by atoms with van der Waals surface area (Å²) < 4.78 is 0. The van der Waals surface area contributed by atoms with E-state index in [9.17, 15) is 0 Å². The van der Waals surface area contributed by atoms with E-state index in [1.807, 2.05) is 0 Å². The zero-order valence-corrected chi connectivity index (χ0v) is 5.47. The van der Waals surface area contributed by atoms with Crippen LogP contribution in [-0.2, 0) is 0 Å². The van der Waals surface area contributed by atoms with Crippen LogP contribution in [0.4, 0.5) is 0 Å². The van der Waals surface area contributed by atoms with Crippen molar-refractivity contribution in [2.24, 2.45) is 0 Å². The molecule has 0 radical (unpaired) electrons. The van der Waals surface area contributed by atoms with Crippen LogP contribution in [0, 0.1) is 0 Å². The van der Waals surface area contributed by atoms with Crippen molar-refractivity contribution in [3.63, 3.8) is 0 Å². The number of aromatic nitrogens is 8. The van der Waals surface area contributed by atoms with Crippen LogP contribution in [0.25, 0.3) is 11.6 Å². The molecule has 0 saturated heterocycles. The van der Waals surface area contributed by atoms with Crippen molar-refractivity contribution >= 4 is 59.1 Å². The number of rotatable bonds is 1. The molecule has 0 amide bonds. The molecule has 0 aliphatic carbocycles. The minimum atomic E-state index is -0.150. The fourth-order valence-corrected chi connectivity index (χ4v) is 0.634. The zero-order chi connectivity index (χ0) is 8.55. The Morgan fingerprint density at radius 3 is 1.36 bits per heavy atom. The SMILES string of the molecule is On1nnnc1-c1nnnn1O.[NaH].[NaH]. The van der Waals surface area contributed by atoms with Crippen LogP contribution in [0.1, 0.15) is 0 Å². The molecule has 2 N–H and O–H groups in total. The molecule has 0 aliphatic heterocycles. The number of nitrogens with zero attached hydrogens (tertiary/aromatic N) is 8. The van der Waals surface area contributed by atoms with Gasteiger partial charge in [-0.3, -0.25) is 0 Å². The van der Waals surface area contributed by atoms with Gasteiger partial charge in [0.05, 0.1) is 0 Å². The van der Waals surface area contributed by atoms with Crippen molar-refractivity contribution in [3.8, 4) is 11.6 Å². The fourth-order valence-electron chi connectivity index (χ4n) is 0.634. The predicted molar refractivity (Wildman–Crippen MR) is 43.3 cm³/mol. The zero-order valence-electron chi connectivity index (χ0n) is 5.47. The second kappa shape index (κ2) is 5.58. The van der Waals surface area contributed by atoms with Gasteiger partial charge < -0.3 is 10.4 Å². The van der Waals surface area contributed by atoms with E-state index in [1.54, 1.807) is 0 Å². The summed E-state index contributed by atoms with van der Waals surface area (Å²) in [4.78, 5) is 0.691. The van der Waals surface area contributed by atoms with Crippen molar-refractivity contribution in [1.82, 2.24) is 40.7 Å². The molecule has 12 heteroatoms. The van der Waals surface area contributed by atoms with E-state index in [0.717, 1.165) is 0 Å². The van der Waals surface area contributed by atoms with Gasteiger partial charge in [-0.25, -0.2) is 0 Å². The van der Waals surface area contributed by atoms with E-state index in [2.05, 4.69) is 31.1 Å². The predicted octanol–water partition coefficient (Wildman–Crippen LogP) is -3.50. The van der Waals surface area contributed by atoms with Crippen LogP contribution in [0.2, 0.25) is 0 Å². The molecule has 2 heterocycles. The first-order chi connectivity index (χ1) is 5.79. The average molecular weight is 218 g/mol. The molecule has 0 fully saturated rings. The summed E-state index contributed by atoms with van der Waals surface area (Å²) in [5, 5.41) is 36.9. The minimum absolute atomic E-state index is 0. The van der Waals surface area contributed by atoms with Crippen molar-refractivity contribution in [2.75, 3.05) is 0 Å². The number of hydrogen-bond donors (Lipinski definition) is 2. The molecule has 0 spiro atoms. The monoisotopic (exact) mass is 218 g/mol. The van der Waals surface area contributed by atoms with Crippen molar-refractivity contribution in [1.29, 1.82) is 0 Å². The third-order valence-electron chi connectivity index (χ3n) is 1.11. The molecule has 0 bridgehead atoms. The normalized spacial score (nSPS) is 8.86. The van der Waals surface area contributed by atoms with Crippen LogP contribution in [-0.4, -0.2) is 110 Å². The Bertz CT molecular complexity index is 359. The Morgan fingerprint density at radius 1 is 0.786 bits per heavy atom. The Morgan fingerprint density at radius 2 is 1.14 bits per heavy atom. The quantitative estimate of drug-likeness (QED) is 0.372. The molecule has 14 heavy (non-hydrogen) atoms. The van der Waals surface area contributed by atoms with Crippen LogP contribution < -0.4 is 0 Å². The topological polar surface area (TPSA) is 128 Å². The van der Waals surface area contributed by atoms with E-state index in [4.69, 9.17) is 10.4 Å². The first-order valence-electron chi connectivity index (χ1n) is 2.74. The van der Waals surface area contributed by atoms with Crippen molar-refractivity contribution in [3.05, 3.63) is 0 Å². The van der Waals surface area contributed by atoms with E-state index in [1.165, 1.54) is 0 Å². The van der Waals surface area contributed by atoms with E-state index in [0.29, 0.717) is 9.69 Å².